The molecule has 8 rings (SSSR count). The molecule has 0 bridgehead atoms. The van der Waals surface area contributed by atoms with E-state index in [4.69, 9.17) is 4.99 Å². The van der Waals surface area contributed by atoms with Crippen LogP contribution in [0.3, 0.4) is 0 Å². The summed E-state index contributed by atoms with van der Waals surface area (Å²) >= 11 is 0. The molecule has 0 fully saturated rings. The van der Waals surface area contributed by atoms with E-state index in [0.717, 1.165) is 47.4 Å². The van der Waals surface area contributed by atoms with Crippen molar-refractivity contribution < 1.29 is 0 Å². The monoisotopic (exact) mass is 649 g/mol. The zero-order valence-electron chi connectivity index (χ0n) is 28.6. The molecule has 4 aromatic rings. The minimum atomic E-state index is -0.183. The van der Waals surface area contributed by atoms with Crippen molar-refractivity contribution in [3.05, 3.63) is 215 Å². The van der Waals surface area contributed by atoms with Crippen LogP contribution in [0.15, 0.2) is 187 Å². The first-order valence-electron chi connectivity index (χ1n) is 17.8. The molecule has 4 atom stereocenters. The van der Waals surface area contributed by atoms with Crippen LogP contribution in [0.4, 0.5) is 0 Å². The van der Waals surface area contributed by atoms with Crippen molar-refractivity contribution in [3.8, 4) is 0 Å². The summed E-state index contributed by atoms with van der Waals surface area (Å²) in [6.45, 7) is 4.35. The van der Waals surface area contributed by atoms with Gasteiger partial charge in [-0.15, -0.1) is 0 Å². The number of rotatable bonds is 7. The van der Waals surface area contributed by atoms with Crippen molar-refractivity contribution in [2.75, 3.05) is 7.05 Å². The molecule has 50 heavy (non-hydrogen) atoms. The van der Waals surface area contributed by atoms with Crippen LogP contribution in [0.1, 0.15) is 64.7 Å². The van der Waals surface area contributed by atoms with Gasteiger partial charge in [-0.05, 0) is 59.2 Å². The van der Waals surface area contributed by atoms with Gasteiger partial charge in [-0.1, -0.05) is 158 Å². The zero-order chi connectivity index (χ0) is 33.9. The molecule has 4 unspecified atom stereocenters. The second kappa shape index (κ2) is 14.1. The number of likely N-dealkylation sites (N-methyl/N-ethyl adjacent to an activating group) is 1. The summed E-state index contributed by atoms with van der Waals surface area (Å²) in [5.74, 6) is 0.494. The Morgan fingerprint density at radius 2 is 1.58 bits per heavy atom. The van der Waals surface area contributed by atoms with E-state index < -0.39 is 0 Å². The number of hydrogen-bond acceptors (Lipinski definition) is 3. The summed E-state index contributed by atoms with van der Waals surface area (Å²) in [6, 6.07) is 39.5. The van der Waals surface area contributed by atoms with Gasteiger partial charge >= 0.3 is 0 Å². The molecule has 0 amide bonds. The Morgan fingerprint density at radius 1 is 0.820 bits per heavy atom. The molecule has 0 saturated carbocycles. The van der Waals surface area contributed by atoms with Crippen LogP contribution in [0.2, 0.25) is 0 Å². The summed E-state index contributed by atoms with van der Waals surface area (Å²) in [7, 11) is 2.30. The normalized spacial score (nSPS) is 23.6. The SMILES string of the molecule is C=C/C(C1=CC=CCC1)=C1/c2ccccc2C(c2cccc(C3=NC(c4ccccc4)NC(c4ccccc4)=C3)c2)C(C2C=CC=CC2)N1C. The van der Waals surface area contributed by atoms with Crippen molar-refractivity contribution in [1.82, 2.24) is 10.2 Å². The highest BCUT2D eigenvalue weighted by atomic mass is 15.2. The van der Waals surface area contributed by atoms with Crippen LogP contribution < -0.4 is 5.32 Å². The number of nitrogens with one attached hydrogen (secondary N) is 1. The molecule has 0 radical (unpaired) electrons. The van der Waals surface area contributed by atoms with E-state index in [1.807, 2.05) is 0 Å². The summed E-state index contributed by atoms with van der Waals surface area (Å²) in [4.78, 5) is 7.89. The molecule has 4 aromatic carbocycles. The predicted octanol–water partition coefficient (Wildman–Crippen LogP) is 10.6. The lowest BCUT2D eigenvalue weighted by molar-refractivity contribution is 0.243. The Kier molecular flexibility index (Phi) is 8.88. The third kappa shape index (κ3) is 6.05. The van der Waals surface area contributed by atoms with Crippen molar-refractivity contribution >= 4 is 17.1 Å². The average Bonchev–Trinajstić information content (AvgIpc) is 3.20. The molecule has 2 aliphatic heterocycles. The highest BCUT2D eigenvalue weighted by Crippen LogP contribution is 2.48. The fourth-order valence-electron chi connectivity index (χ4n) is 8.20. The number of benzene rings is 4. The average molecular weight is 650 g/mol. The van der Waals surface area contributed by atoms with E-state index >= 15 is 0 Å². The first-order chi connectivity index (χ1) is 24.7. The van der Waals surface area contributed by atoms with E-state index in [-0.39, 0.29) is 18.1 Å². The van der Waals surface area contributed by atoms with Gasteiger partial charge in [0.25, 0.3) is 0 Å². The molecule has 1 N–H and O–H groups in total. The van der Waals surface area contributed by atoms with E-state index in [1.165, 1.54) is 33.5 Å². The fraction of sp³-hybridized carbons (Fsp3) is 0.170. The highest BCUT2D eigenvalue weighted by molar-refractivity contribution is 6.13. The molecule has 246 valence electrons. The topological polar surface area (TPSA) is 27.6 Å². The third-order valence-corrected chi connectivity index (χ3v) is 10.5. The molecular weight excluding hydrogens is 607 g/mol. The van der Waals surface area contributed by atoms with E-state index in [0.29, 0.717) is 5.92 Å². The molecule has 2 heterocycles. The van der Waals surface area contributed by atoms with Crippen LogP contribution >= 0.6 is 0 Å². The standard InChI is InChI=1S/C47H43N3/c1-3-39(33-19-8-4-9-20-33)46-41-30-17-16-29-40(41)44(45(50(46)2)35-23-12-6-13-24-35)38-28-18-27-37(31-38)43-32-42(34-21-10-5-11-22-34)48-47(49-43)36-25-14-7-15-26-36/h3-8,10-19,21-23,25-32,35,44-45,47-48H,1,9,20,24H2,2H3/b46-39+. The summed E-state index contributed by atoms with van der Waals surface area (Å²) in [5, 5.41) is 3.71. The van der Waals surface area contributed by atoms with Crippen LogP contribution in [-0.4, -0.2) is 23.7 Å². The van der Waals surface area contributed by atoms with Crippen LogP contribution in [0.5, 0.6) is 0 Å². The predicted molar refractivity (Wildman–Crippen MR) is 210 cm³/mol. The van der Waals surface area contributed by atoms with Gasteiger partial charge in [-0.25, -0.2) is 0 Å². The summed E-state index contributed by atoms with van der Waals surface area (Å²) in [5.41, 5.74) is 13.3. The second-order valence-corrected chi connectivity index (χ2v) is 13.5. The largest absolute Gasteiger partial charge is 0.369 e. The minimum Gasteiger partial charge on any atom is -0.369 e. The van der Waals surface area contributed by atoms with Crippen molar-refractivity contribution in [2.24, 2.45) is 10.9 Å². The van der Waals surface area contributed by atoms with Crippen LogP contribution in [0, 0.1) is 5.92 Å². The van der Waals surface area contributed by atoms with Crippen molar-refractivity contribution in [3.63, 3.8) is 0 Å². The van der Waals surface area contributed by atoms with Crippen molar-refractivity contribution in [2.45, 2.75) is 37.4 Å². The number of aliphatic imine (C=N–C) groups is 1. The molecule has 0 aromatic heterocycles. The van der Waals surface area contributed by atoms with Gasteiger partial charge in [0.15, 0.2) is 0 Å². The van der Waals surface area contributed by atoms with Crippen LogP contribution in [-0.2, 0) is 0 Å². The lowest BCUT2D eigenvalue weighted by Gasteiger charge is -2.47. The van der Waals surface area contributed by atoms with Gasteiger partial charge in [0.2, 0.25) is 0 Å². The summed E-state index contributed by atoms with van der Waals surface area (Å²) in [6.07, 6.45) is 23.1. The highest BCUT2D eigenvalue weighted by Gasteiger charge is 2.41. The first-order valence-corrected chi connectivity index (χ1v) is 17.8. The van der Waals surface area contributed by atoms with E-state index in [2.05, 4.69) is 188 Å². The molecule has 2 aliphatic carbocycles. The maximum absolute atomic E-state index is 5.32. The maximum Gasteiger partial charge on any atom is 0.145 e. The number of hydrogen-bond donors (Lipinski definition) is 1. The molecule has 0 spiro atoms. The number of fused-ring (bicyclic) bond motifs is 1. The Hall–Kier alpha value is -5.67. The Bertz CT molecular complexity index is 2110. The Labute approximate surface area is 296 Å². The second-order valence-electron chi connectivity index (χ2n) is 13.5. The van der Waals surface area contributed by atoms with Crippen molar-refractivity contribution in [1.29, 1.82) is 0 Å². The Balaban J connectivity index is 1.28. The lowest BCUT2D eigenvalue weighted by atomic mass is 9.71. The maximum atomic E-state index is 5.32. The number of allylic oxidation sites excluding steroid dienone is 10. The zero-order valence-corrected chi connectivity index (χ0v) is 28.6. The number of nitrogens with zero attached hydrogens (tertiary/aromatic N) is 2. The van der Waals surface area contributed by atoms with E-state index in [1.54, 1.807) is 0 Å². The quantitative estimate of drug-likeness (QED) is 0.216. The van der Waals surface area contributed by atoms with Gasteiger partial charge in [0.1, 0.15) is 6.17 Å². The fourth-order valence-corrected chi connectivity index (χ4v) is 8.20. The third-order valence-electron chi connectivity index (χ3n) is 10.5. The molecular formula is C47H43N3. The molecule has 3 nitrogen and oxygen atoms in total. The van der Waals surface area contributed by atoms with Gasteiger partial charge in [0.05, 0.1) is 11.4 Å². The summed E-state index contributed by atoms with van der Waals surface area (Å²) < 4.78 is 0. The molecule has 3 heteroatoms. The smallest absolute Gasteiger partial charge is 0.145 e. The van der Waals surface area contributed by atoms with Gasteiger partial charge in [-0.3, -0.25) is 4.99 Å². The van der Waals surface area contributed by atoms with Gasteiger partial charge in [-0.2, -0.15) is 0 Å². The van der Waals surface area contributed by atoms with E-state index in [9.17, 15) is 0 Å². The Morgan fingerprint density at radius 3 is 2.34 bits per heavy atom. The first kappa shape index (κ1) is 31.6. The minimum absolute atomic E-state index is 0.150. The van der Waals surface area contributed by atoms with Crippen LogP contribution in [0.25, 0.3) is 11.4 Å². The van der Waals surface area contributed by atoms with Gasteiger partial charge < -0.3 is 10.2 Å². The molecule has 0 saturated heterocycles. The molecule has 4 aliphatic rings. The van der Waals surface area contributed by atoms with Gasteiger partial charge in [0, 0.05) is 47.3 Å². The lowest BCUT2D eigenvalue weighted by Crippen LogP contribution is -2.45.